The normalized spacial score (nSPS) is 12.7. The van der Waals surface area contributed by atoms with Gasteiger partial charge in [-0.2, -0.15) is 0 Å². The number of hydrogen-bond acceptors (Lipinski definition) is 3. The molecule has 78 valence electrons. The average molecular weight is 202 g/mol. The van der Waals surface area contributed by atoms with E-state index in [2.05, 4.69) is 9.97 Å². The van der Waals surface area contributed by atoms with Gasteiger partial charge in [0.05, 0.1) is 0 Å². The lowest BCUT2D eigenvalue weighted by Crippen LogP contribution is -2.06. The van der Waals surface area contributed by atoms with Gasteiger partial charge in [-0.05, 0) is 25.5 Å². The Bertz CT molecular complexity index is 442. The van der Waals surface area contributed by atoms with Gasteiger partial charge in [0.2, 0.25) is 0 Å². The maximum atomic E-state index is 5.75. The molecular weight excluding hydrogens is 188 g/mol. The number of imidazole rings is 1. The summed E-state index contributed by atoms with van der Waals surface area (Å²) in [5.41, 5.74) is 6.79. The van der Waals surface area contributed by atoms with E-state index in [-0.39, 0.29) is 6.04 Å². The maximum Gasteiger partial charge on any atom is 0.137 e. The molecule has 2 aromatic heterocycles. The predicted molar refractivity (Wildman–Crippen MR) is 58.7 cm³/mol. The molecule has 0 aliphatic rings. The van der Waals surface area contributed by atoms with E-state index in [0.29, 0.717) is 0 Å². The molecule has 0 bridgehead atoms. The molecule has 0 fully saturated rings. The van der Waals surface area contributed by atoms with Gasteiger partial charge in [0.1, 0.15) is 11.6 Å². The Labute approximate surface area is 88.8 Å². The first-order valence-electron chi connectivity index (χ1n) is 4.90. The predicted octanol–water partition coefficient (Wildman–Crippen LogP) is 1.60. The first-order valence-corrected chi connectivity index (χ1v) is 4.90. The Balaban J connectivity index is 2.36. The molecule has 0 aliphatic heterocycles. The molecule has 1 unspecified atom stereocenters. The minimum atomic E-state index is 0.0236. The molecule has 2 N–H and O–H groups in total. The zero-order chi connectivity index (χ0) is 10.8. The Morgan fingerprint density at radius 2 is 2.13 bits per heavy atom. The lowest BCUT2D eigenvalue weighted by molar-refractivity contribution is 0.806. The van der Waals surface area contributed by atoms with Crippen molar-refractivity contribution in [3.8, 4) is 5.82 Å². The van der Waals surface area contributed by atoms with E-state index in [4.69, 9.17) is 5.73 Å². The highest BCUT2D eigenvalue weighted by atomic mass is 15.1. The highest BCUT2D eigenvalue weighted by Crippen LogP contribution is 2.11. The van der Waals surface area contributed by atoms with Gasteiger partial charge in [0.25, 0.3) is 0 Å². The number of aryl methyl sites for hydroxylation is 1. The zero-order valence-electron chi connectivity index (χ0n) is 8.88. The fraction of sp³-hybridized carbons (Fsp3) is 0.273. The molecule has 0 amide bonds. The molecule has 0 saturated carbocycles. The zero-order valence-corrected chi connectivity index (χ0v) is 8.88. The van der Waals surface area contributed by atoms with Gasteiger partial charge in [-0.3, -0.25) is 4.57 Å². The summed E-state index contributed by atoms with van der Waals surface area (Å²) in [4.78, 5) is 8.50. The second-order valence-corrected chi connectivity index (χ2v) is 3.58. The molecule has 4 heteroatoms. The second-order valence-electron chi connectivity index (χ2n) is 3.58. The summed E-state index contributed by atoms with van der Waals surface area (Å²) in [7, 11) is 0. The van der Waals surface area contributed by atoms with Crippen LogP contribution in [0.4, 0.5) is 0 Å². The summed E-state index contributed by atoms with van der Waals surface area (Å²) in [5.74, 6) is 1.80. The van der Waals surface area contributed by atoms with Crippen LogP contribution in [0.2, 0.25) is 0 Å². The molecule has 0 spiro atoms. The molecule has 0 radical (unpaired) electrons. The Hall–Kier alpha value is -1.68. The van der Waals surface area contributed by atoms with Crippen molar-refractivity contribution in [3.05, 3.63) is 42.1 Å². The number of nitrogens with zero attached hydrogens (tertiary/aromatic N) is 3. The van der Waals surface area contributed by atoms with Crippen molar-refractivity contribution < 1.29 is 0 Å². The van der Waals surface area contributed by atoms with Crippen molar-refractivity contribution in [2.45, 2.75) is 19.9 Å². The third-order valence-electron chi connectivity index (χ3n) is 2.37. The molecule has 2 rings (SSSR count). The van der Waals surface area contributed by atoms with Crippen LogP contribution in [0.5, 0.6) is 0 Å². The standard InChI is InChI=1S/C11H14N4/c1-8(12)10-3-4-11(14-7-10)15-6-5-13-9(15)2/h3-8H,12H2,1-2H3. The van der Waals surface area contributed by atoms with Crippen LogP contribution >= 0.6 is 0 Å². The van der Waals surface area contributed by atoms with Crippen molar-refractivity contribution in [1.82, 2.24) is 14.5 Å². The molecule has 1 atom stereocenters. The van der Waals surface area contributed by atoms with Crippen LogP contribution < -0.4 is 5.73 Å². The highest BCUT2D eigenvalue weighted by Gasteiger charge is 2.03. The minimum Gasteiger partial charge on any atom is -0.324 e. The van der Waals surface area contributed by atoms with Crippen molar-refractivity contribution >= 4 is 0 Å². The first-order chi connectivity index (χ1) is 7.18. The number of pyridine rings is 1. The van der Waals surface area contributed by atoms with Crippen LogP contribution in [0.1, 0.15) is 24.4 Å². The second kappa shape index (κ2) is 3.82. The van der Waals surface area contributed by atoms with Crippen LogP contribution in [0.25, 0.3) is 5.82 Å². The third kappa shape index (κ3) is 1.89. The Kier molecular flexibility index (Phi) is 2.51. The highest BCUT2D eigenvalue weighted by molar-refractivity contribution is 5.28. The van der Waals surface area contributed by atoms with Crippen molar-refractivity contribution in [3.63, 3.8) is 0 Å². The van der Waals surface area contributed by atoms with Gasteiger partial charge in [-0.15, -0.1) is 0 Å². The fourth-order valence-corrected chi connectivity index (χ4v) is 1.43. The van der Waals surface area contributed by atoms with E-state index >= 15 is 0 Å². The molecule has 4 nitrogen and oxygen atoms in total. The van der Waals surface area contributed by atoms with Crippen molar-refractivity contribution in [2.75, 3.05) is 0 Å². The number of rotatable bonds is 2. The van der Waals surface area contributed by atoms with Gasteiger partial charge in [0, 0.05) is 24.6 Å². The van der Waals surface area contributed by atoms with Gasteiger partial charge in [0.15, 0.2) is 0 Å². The first kappa shape index (κ1) is 9.86. The van der Waals surface area contributed by atoms with Crippen LogP contribution in [-0.4, -0.2) is 14.5 Å². The van der Waals surface area contributed by atoms with Crippen molar-refractivity contribution in [1.29, 1.82) is 0 Å². The van der Waals surface area contributed by atoms with E-state index in [9.17, 15) is 0 Å². The fourth-order valence-electron chi connectivity index (χ4n) is 1.43. The number of aromatic nitrogens is 3. The summed E-state index contributed by atoms with van der Waals surface area (Å²) in [6.07, 6.45) is 5.46. The minimum absolute atomic E-state index is 0.0236. The maximum absolute atomic E-state index is 5.75. The summed E-state index contributed by atoms with van der Waals surface area (Å²) < 4.78 is 1.94. The Morgan fingerprint density at radius 3 is 2.60 bits per heavy atom. The molecular formula is C11H14N4. The van der Waals surface area contributed by atoms with E-state index in [0.717, 1.165) is 17.2 Å². The number of nitrogens with two attached hydrogens (primary N) is 1. The van der Waals surface area contributed by atoms with Gasteiger partial charge in [-0.1, -0.05) is 6.07 Å². The van der Waals surface area contributed by atoms with E-state index in [1.807, 2.05) is 36.7 Å². The summed E-state index contributed by atoms with van der Waals surface area (Å²) in [5, 5.41) is 0. The van der Waals surface area contributed by atoms with Crippen LogP contribution in [0.3, 0.4) is 0 Å². The van der Waals surface area contributed by atoms with E-state index in [1.165, 1.54) is 0 Å². The Morgan fingerprint density at radius 1 is 1.33 bits per heavy atom. The third-order valence-corrected chi connectivity index (χ3v) is 2.37. The van der Waals surface area contributed by atoms with Gasteiger partial charge < -0.3 is 5.73 Å². The summed E-state index contributed by atoms with van der Waals surface area (Å²) >= 11 is 0. The summed E-state index contributed by atoms with van der Waals surface area (Å²) in [6.45, 7) is 3.89. The molecule has 0 aromatic carbocycles. The molecule has 0 saturated heterocycles. The number of hydrogen-bond donors (Lipinski definition) is 1. The quantitative estimate of drug-likeness (QED) is 0.804. The average Bonchev–Trinajstić information content (AvgIpc) is 2.65. The van der Waals surface area contributed by atoms with Crippen molar-refractivity contribution in [2.24, 2.45) is 5.73 Å². The van der Waals surface area contributed by atoms with E-state index in [1.54, 1.807) is 12.4 Å². The lowest BCUT2D eigenvalue weighted by atomic mass is 10.1. The van der Waals surface area contributed by atoms with Crippen LogP contribution in [0, 0.1) is 6.92 Å². The van der Waals surface area contributed by atoms with Gasteiger partial charge in [-0.25, -0.2) is 9.97 Å². The molecule has 15 heavy (non-hydrogen) atoms. The lowest BCUT2D eigenvalue weighted by Gasteiger charge is -2.07. The molecule has 2 aromatic rings. The topological polar surface area (TPSA) is 56.7 Å². The largest absolute Gasteiger partial charge is 0.324 e. The SMILES string of the molecule is Cc1nccn1-c1ccc(C(C)N)cn1. The smallest absolute Gasteiger partial charge is 0.137 e. The summed E-state index contributed by atoms with van der Waals surface area (Å²) in [6, 6.07) is 3.97. The molecule has 2 heterocycles. The van der Waals surface area contributed by atoms with Crippen LogP contribution in [-0.2, 0) is 0 Å². The molecule has 0 aliphatic carbocycles. The monoisotopic (exact) mass is 202 g/mol. The van der Waals surface area contributed by atoms with Gasteiger partial charge >= 0.3 is 0 Å². The van der Waals surface area contributed by atoms with E-state index < -0.39 is 0 Å². The van der Waals surface area contributed by atoms with Crippen LogP contribution in [0.15, 0.2) is 30.7 Å².